The van der Waals surface area contributed by atoms with Crippen molar-refractivity contribution >= 4 is 47.4 Å². The van der Waals surface area contributed by atoms with Crippen molar-refractivity contribution in [3.8, 4) is 0 Å². The Morgan fingerprint density at radius 1 is 1.28 bits per heavy atom. The standard InChI is InChI=1S/C21H28ClN5O.HI/c1-16-15-27(11-12-28-16)20-8-7-17(13-25-20)14-26-21(23-2)24-10-9-18-5-3-4-6-19(18)22;/h3-8,13,16H,9-12,14-15H2,1-2H3,(H2,23,24,26);1H. The highest BCUT2D eigenvalue weighted by molar-refractivity contribution is 14.0. The molecule has 0 radical (unpaired) electrons. The summed E-state index contributed by atoms with van der Waals surface area (Å²) in [6.45, 7) is 6.04. The largest absolute Gasteiger partial charge is 0.375 e. The smallest absolute Gasteiger partial charge is 0.191 e. The minimum Gasteiger partial charge on any atom is -0.375 e. The number of benzene rings is 1. The highest BCUT2D eigenvalue weighted by Crippen LogP contribution is 2.16. The van der Waals surface area contributed by atoms with Crippen molar-refractivity contribution < 1.29 is 4.74 Å². The molecular weight excluding hydrogens is 501 g/mol. The minimum atomic E-state index is 0. The van der Waals surface area contributed by atoms with Crippen molar-refractivity contribution in [2.45, 2.75) is 26.0 Å². The molecule has 1 aromatic heterocycles. The topological polar surface area (TPSA) is 61.8 Å². The van der Waals surface area contributed by atoms with Crippen LogP contribution in [0, 0.1) is 0 Å². The average molecular weight is 530 g/mol. The van der Waals surface area contributed by atoms with Gasteiger partial charge in [-0.25, -0.2) is 4.98 Å². The molecule has 1 unspecified atom stereocenters. The average Bonchev–Trinajstić information content (AvgIpc) is 2.72. The third-order valence-corrected chi connectivity index (χ3v) is 5.07. The maximum atomic E-state index is 6.20. The van der Waals surface area contributed by atoms with E-state index in [2.05, 4.69) is 44.6 Å². The molecule has 158 valence electrons. The Bertz CT molecular complexity index is 787. The zero-order valence-corrected chi connectivity index (χ0v) is 20.0. The summed E-state index contributed by atoms with van der Waals surface area (Å²) in [7, 11) is 1.77. The summed E-state index contributed by atoms with van der Waals surface area (Å²) in [4.78, 5) is 11.1. The summed E-state index contributed by atoms with van der Waals surface area (Å²) in [5.41, 5.74) is 2.24. The first kappa shape index (κ1) is 23.7. The molecule has 8 heteroatoms. The SMILES string of the molecule is CN=C(NCCc1ccccc1Cl)NCc1ccc(N2CCOC(C)C2)nc1.I. The summed E-state index contributed by atoms with van der Waals surface area (Å²) < 4.78 is 5.59. The number of nitrogens with zero attached hydrogens (tertiary/aromatic N) is 3. The monoisotopic (exact) mass is 529 g/mol. The Kier molecular flexibility index (Phi) is 9.96. The highest BCUT2D eigenvalue weighted by Gasteiger charge is 2.17. The predicted octanol–water partition coefficient (Wildman–Crippen LogP) is 3.49. The number of anilines is 1. The fourth-order valence-electron chi connectivity index (χ4n) is 3.16. The van der Waals surface area contributed by atoms with Gasteiger partial charge in [-0.3, -0.25) is 4.99 Å². The third kappa shape index (κ3) is 7.31. The van der Waals surface area contributed by atoms with Crippen LogP contribution in [0.15, 0.2) is 47.6 Å². The lowest BCUT2D eigenvalue weighted by molar-refractivity contribution is 0.0529. The molecule has 1 atom stereocenters. The molecule has 1 aliphatic rings. The van der Waals surface area contributed by atoms with Crippen LogP contribution in [-0.2, 0) is 17.7 Å². The molecule has 29 heavy (non-hydrogen) atoms. The molecule has 2 aromatic rings. The number of nitrogens with one attached hydrogen (secondary N) is 2. The summed E-state index contributed by atoms with van der Waals surface area (Å²) in [6, 6.07) is 12.1. The summed E-state index contributed by atoms with van der Waals surface area (Å²) in [5.74, 6) is 1.76. The van der Waals surface area contributed by atoms with Gasteiger partial charge in [-0.15, -0.1) is 24.0 Å². The van der Waals surface area contributed by atoms with Gasteiger partial charge in [0, 0.05) is 44.4 Å². The molecule has 0 aliphatic carbocycles. The van der Waals surface area contributed by atoms with Gasteiger partial charge in [-0.1, -0.05) is 35.9 Å². The number of halogens is 2. The molecule has 1 aliphatic heterocycles. The van der Waals surface area contributed by atoms with Gasteiger partial charge < -0.3 is 20.3 Å². The van der Waals surface area contributed by atoms with E-state index in [1.807, 2.05) is 30.5 Å². The molecule has 2 N–H and O–H groups in total. The maximum absolute atomic E-state index is 6.20. The van der Waals surface area contributed by atoms with E-state index < -0.39 is 0 Å². The molecule has 3 rings (SSSR count). The number of guanidine groups is 1. The van der Waals surface area contributed by atoms with Crippen LogP contribution >= 0.6 is 35.6 Å². The van der Waals surface area contributed by atoms with Crippen LogP contribution < -0.4 is 15.5 Å². The Labute approximate surface area is 195 Å². The van der Waals surface area contributed by atoms with Crippen LogP contribution in [0.5, 0.6) is 0 Å². The lowest BCUT2D eigenvalue weighted by Crippen LogP contribution is -2.41. The van der Waals surface area contributed by atoms with Gasteiger partial charge in [0.05, 0.1) is 12.7 Å². The molecule has 0 amide bonds. The predicted molar refractivity (Wildman–Crippen MR) is 131 cm³/mol. The summed E-state index contributed by atoms with van der Waals surface area (Å²) in [5, 5.41) is 7.45. The third-order valence-electron chi connectivity index (χ3n) is 4.70. The number of pyridine rings is 1. The van der Waals surface area contributed by atoms with E-state index in [0.717, 1.165) is 60.6 Å². The normalized spacial score (nSPS) is 16.9. The number of rotatable bonds is 6. The van der Waals surface area contributed by atoms with E-state index in [0.29, 0.717) is 6.54 Å². The lowest BCUT2D eigenvalue weighted by Gasteiger charge is -2.32. The van der Waals surface area contributed by atoms with E-state index in [1.54, 1.807) is 7.05 Å². The number of aliphatic imine (C=N–C) groups is 1. The van der Waals surface area contributed by atoms with E-state index >= 15 is 0 Å². The lowest BCUT2D eigenvalue weighted by atomic mass is 10.1. The Morgan fingerprint density at radius 2 is 2.10 bits per heavy atom. The Hall–Kier alpha value is -1.58. The van der Waals surface area contributed by atoms with Gasteiger partial charge >= 0.3 is 0 Å². The highest BCUT2D eigenvalue weighted by atomic mass is 127. The minimum absolute atomic E-state index is 0. The fourth-order valence-corrected chi connectivity index (χ4v) is 3.39. The van der Waals surface area contributed by atoms with Crippen LogP contribution in [-0.4, -0.2) is 50.3 Å². The van der Waals surface area contributed by atoms with Crippen molar-refractivity contribution in [2.75, 3.05) is 38.2 Å². The summed E-state index contributed by atoms with van der Waals surface area (Å²) >= 11 is 6.20. The molecule has 0 spiro atoms. The quantitative estimate of drug-likeness (QED) is 0.341. The number of hydrogen-bond acceptors (Lipinski definition) is 4. The van der Waals surface area contributed by atoms with Gasteiger partial charge in [0.2, 0.25) is 0 Å². The Balaban J connectivity index is 0.00000300. The van der Waals surface area contributed by atoms with E-state index in [4.69, 9.17) is 16.3 Å². The number of hydrogen-bond donors (Lipinski definition) is 2. The van der Waals surface area contributed by atoms with Crippen LogP contribution in [0.2, 0.25) is 5.02 Å². The van der Waals surface area contributed by atoms with Gasteiger partial charge in [0.15, 0.2) is 5.96 Å². The van der Waals surface area contributed by atoms with Crippen LogP contribution in [0.1, 0.15) is 18.1 Å². The van der Waals surface area contributed by atoms with Crippen molar-refractivity contribution in [2.24, 2.45) is 4.99 Å². The van der Waals surface area contributed by atoms with E-state index in [9.17, 15) is 0 Å². The molecule has 1 aromatic carbocycles. The molecule has 1 saturated heterocycles. The number of aromatic nitrogens is 1. The first-order valence-electron chi connectivity index (χ1n) is 9.65. The summed E-state index contributed by atoms with van der Waals surface area (Å²) in [6.07, 6.45) is 3.01. The zero-order valence-electron chi connectivity index (χ0n) is 16.9. The molecule has 2 heterocycles. The number of ether oxygens (including phenoxy) is 1. The second-order valence-electron chi connectivity index (χ2n) is 6.85. The Morgan fingerprint density at radius 3 is 2.79 bits per heavy atom. The van der Waals surface area contributed by atoms with Crippen LogP contribution in [0.3, 0.4) is 0 Å². The van der Waals surface area contributed by atoms with Gasteiger partial charge in [0.25, 0.3) is 0 Å². The molecule has 6 nitrogen and oxygen atoms in total. The molecule has 0 saturated carbocycles. The van der Waals surface area contributed by atoms with Gasteiger partial charge in [-0.05, 0) is 36.6 Å². The maximum Gasteiger partial charge on any atom is 0.191 e. The second kappa shape index (κ2) is 12.2. The first-order chi connectivity index (χ1) is 13.7. The van der Waals surface area contributed by atoms with Crippen LogP contribution in [0.4, 0.5) is 5.82 Å². The molecule has 1 fully saturated rings. The van der Waals surface area contributed by atoms with Crippen molar-refractivity contribution in [1.29, 1.82) is 0 Å². The van der Waals surface area contributed by atoms with Gasteiger partial charge in [0.1, 0.15) is 5.82 Å². The molecule has 0 bridgehead atoms. The first-order valence-corrected chi connectivity index (χ1v) is 10.0. The van der Waals surface area contributed by atoms with E-state index in [-0.39, 0.29) is 30.1 Å². The van der Waals surface area contributed by atoms with Gasteiger partial charge in [-0.2, -0.15) is 0 Å². The fraction of sp³-hybridized carbons (Fsp3) is 0.429. The zero-order chi connectivity index (χ0) is 19.8. The van der Waals surface area contributed by atoms with Crippen molar-refractivity contribution in [1.82, 2.24) is 15.6 Å². The second-order valence-corrected chi connectivity index (χ2v) is 7.25. The van der Waals surface area contributed by atoms with Crippen LogP contribution in [0.25, 0.3) is 0 Å². The molecular formula is C21H29ClIN5O. The van der Waals surface area contributed by atoms with E-state index in [1.165, 1.54) is 0 Å². The number of morpholine rings is 1. The van der Waals surface area contributed by atoms with Crippen molar-refractivity contribution in [3.63, 3.8) is 0 Å². The van der Waals surface area contributed by atoms with Crippen molar-refractivity contribution in [3.05, 3.63) is 58.7 Å².